The minimum Gasteiger partial charge on any atom is -0.469 e. The smallest absolute Gasteiger partial charge is 0.306 e. The predicted molar refractivity (Wildman–Crippen MR) is 144 cm³/mol. The van der Waals surface area contributed by atoms with Crippen molar-refractivity contribution in [1.29, 1.82) is 0 Å². The summed E-state index contributed by atoms with van der Waals surface area (Å²) in [6, 6.07) is 0. The van der Waals surface area contributed by atoms with Crippen LogP contribution >= 0.6 is 0 Å². The molecule has 4 nitrogen and oxygen atoms in total. The van der Waals surface area contributed by atoms with E-state index in [1.54, 1.807) is 5.57 Å². The molecule has 0 N–H and O–H groups in total. The molecule has 4 aliphatic carbocycles. The van der Waals surface area contributed by atoms with Crippen LogP contribution in [0, 0.1) is 46.3 Å². The van der Waals surface area contributed by atoms with Crippen molar-refractivity contribution in [3.63, 3.8) is 0 Å². The van der Waals surface area contributed by atoms with Crippen molar-refractivity contribution in [2.75, 3.05) is 7.11 Å². The Morgan fingerprint density at radius 1 is 0.972 bits per heavy atom. The van der Waals surface area contributed by atoms with Crippen LogP contribution in [0.4, 0.5) is 0 Å². The quantitative estimate of drug-likeness (QED) is 0.238. The van der Waals surface area contributed by atoms with Gasteiger partial charge in [-0.05, 0) is 91.3 Å². The first-order valence-corrected chi connectivity index (χ1v) is 15.0. The Morgan fingerprint density at radius 2 is 1.72 bits per heavy atom. The van der Waals surface area contributed by atoms with E-state index >= 15 is 0 Å². The monoisotopic (exact) mass is 500 g/mol. The Kier molecular flexibility index (Phi) is 8.62. The predicted octanol–water partition coefficient (Wildman–Crippen LogP) is 7.89. The number of rotatable bonds is 9. The van der Waals surface area contributed by atoms with Crippen molar-refractivity contribution < 1.29 is 19.1 Å². The van der Waals surface area contributed by atoms with Gasteiger partial charge in [-0.1, -0.05) is 65.5 Å². The number of fused-ring (bicyclic) bond motifs is 5. The number of carbonyl (C=O) groups is 2. The molecule has 204 valence electrons. The van der Waals surface area contributed by atoms with Gasteiger partial charge in [0.25, 0.3) is 0 Å². The fraction of sp³-hybridized carbons (Fsp3) is 0.875. The van der Waals surface area contributed by atoms with E-state index in [1.165, 1.54) is 58.5 Å². The maximum Gasteiger partial charge on any atom is 0.306 e. The molecule has 36 heavy (non-hydrogen) atoms. The Morgan fingerprint density at radius 3 is 2.44 bits per heavy atom. The van der Waals surface area contributed by atoms with E-state index in [0.29, 0.717) is 5.41 Å². The van der Waals surface area contributed by atoms with Crippen LogP contribution in [0.3, 0.4) is 0 Å². The van der Waals surface area contributed by atoms with E-state index in [9.17, 15) is 9.59 Å². The molecule has 0 saturated heterocycles. The van der Waals surface area contributed by atoms with Gasteiger partial charge in [0.2, 0.25) is 0 Å². The zero-order valence-corrected chi connectivity index (χ0v) is 23.9. The Hall–Kier alpha value is -1.32. The average Bonchev–Trinajstić information content (AvgIpc) is 3.19. The third-order valence-corrected chi connectivity index (χ3v) is 11.3. The molecule has 0 aliphatic heterocycles. The summed E-state index contributed by atoms with van der Waals surface area (Å²) < 4.78 is 10.5. The molecule has 0 aromatic rings. The molecule has 0 spiro atoms. The summed E-state index contributed by atoms with van der Waals surface area (Å²) >= 11 is 0. The van der Waals surface area contributed by atoms with Crippen molar-refractivity contribution in [1.82, 2.24) is 0 Å². The van der Waals surface area contributed by atoms with Crippen molar-refractivity contribution in [3.8, 4) is 0 Å². The maximum absolute atomic E-state index is 12.3. The highest BCUT2D eigenvalue weighted by atomic mass is 16.5. The van der Waals surface area contributed by atoms with E-state index in [4.69, 9.17) is 4.74 Å². The zero-order chi connectivity index (χ0) is 26.1. The first-order valence-electron chi connectivity index (χ1n) is 15.0. The van der Waals surface area contributed by atoms with Gasteiger partial charge in [-0.15, -0.1) is 0 Å². The molecule has 0 amide bonds. The SMILES string of the molecule is COC(=O)CCC(=O)O[C@H]1CC[C@@]2(C)C(=CC[C@@H]3[C@H]4CC[C@@H]([C@H](C)CCCC(C)C)[C@]4(C)CC[C@H]32)C1. The first kappa shape index (κ1) is 27.7. The molecule has 4 aliphatic rings. The van der Waals surface area contributed by atoms with Crippen molar-refractivity contribution >= 4 is 11.9 Å². The van der Waals surface area contributed by atoms with Crippen molar-refractivity contribution in [2.45, 2.75) is 124 Å². The molecule has 0 aromatic carbocycles. The first-order chi connectivity index (χ1) is 17.1. The van der Waals surface area contributed by atoms with Gasteiger partial charge < -0.3 is 9.47 Å². The van der Waals surface area contributed by atoms with Gasteiger partial charge >= 0.3 is 11.9 Å². The lowest BCUT2D eigenvalue weighted by atomic mass is 9.47. The molecule has 0 bridgehead atoms. The highest BCUT2D eigenvalue weighted by Gasteiger charge is 2.59. The molecule has 0 heterocycles. The largest absolute Gasteiger partial charge is 0.469 e. The summed E-state index contributed by atoms with van der Waals surface area (Å²) in [6.07, 6.45) is 16.7. The standard InChI is InChI=1S/C32H52O4/c1-21(2)8-7-9-22(3)26-12-13-27-25-11-10-23-20-24(36-30(34)15-14-29(33)35-6)16-18-31(23,4)28(25)17-19-32(26,27)5/h10,21-22,24-28H,7-9,11-20H2,1-6H3/t22-,24+,25-,26+,27-,28-,31+,32+/m1/s1. The van der Waals surface area contributed by atoms with E-state index in [1.807, 2.05) is 0 Å². The summed E-state index contributed by atoms with van der Waals surface area (Å²) in [5.41, 5.74) is 2.33. The fourth-order valence-corrected chi connectivity index (χ4v) is 9.30. The Bertz CT molecular complexity index is 830. The van der Waals surface area contributed by atoms with Crippen LogP contribution in [-0.2, 0) is 19.1 Å². The Balaban J connectivity index is 1.38. The van der Waals surface area contributed by atoms with Gasteiger partial charge in [0, 0.05) is 6.42 Å². The highest BCUT2D eigenvalue weighted by molar-refractivity contribution is 5.77. The lowest BCUT2D eigenvalue weighted by molar-refractivity contribution is -0.154. The van der Waals surface area contributed by atoms with E-state index < -0.39 is 0 Å². The lowest BCUT2D eigenvalue weighted by Gasteiger charge is -2.58. The van der Waals surface area contributed by atoms with Crippen LogP contribution in [0.1, 0.15) is 118 Å². The second-order valence-electron chi connectivity index (χ2n) is 13.7. The van der Waals surface area contributed by atoms with Gasteiger partial charge in [-0.3, -0.25) is 9.59 Å². The zero-order valence-electron chi connectivity index (χ0n) is 23.9. The summed E-state index contributed by atoms with van der Waals surface area (Å²) in [5, 5.41) is 0. The van der Waals surface area contributed by atoms with Crippen LogP contribution in [0.25, 0.3) is 0 Å². The molecular weight excluding hydrogens is 448 g/mol. The molecular formula is C32H52O4. The van der Waals surface area contributed by atoms with Crippen LogP contribution < -0.4 is 0 Å². The van der Waals surface area contributed by atoms with Crippen molar-refractivity contribution in [2.24, 2.45) is 46.3 Å². The van der Waals surface area contributed by atoms with Gasteiger partial charge in [0.05, 0.1) is 20.0 Å². The summed E-state index contributed by atoms with van der Waals surface area (Å²) in [4.78, 5) is 23.7. The second-order valence-corrected chi connectivity index (χ2v) is 13.7. The molecule has 3 fully saturated rings. The third kappa shape index (κ3) is 5.44. The fourth-order valence-electron chi connectivity index (χ4n) is 9.30. The molecule has 0 radical (unpaired) electrons. The topological polar surface area (TPSA) is 52.6 Å². The second kappa shape index (κ2) is 11.2. The van der Waals surface area contributed by atoms with Gasteiger partial charge in [-0.2, -0.15) is 0 Å². The Labute approximate surface area is 220 Å². The number of ether oxygens (including phenoxy) is 2. The number of hydrogen-bond acceptors (Lipinski definition) is 4. The van der Waals surface area contributed by atoms with Crippen molar-refractivity contribution in [3.05, 3.63) is 11.6 Å². The van der Waals surface area contributed by atoms with E-state index in [0.717, 1.165) is 54.8 Å². The third-order valence-electron chi connectivity index (χ3n) is 11.3. The maximum atomic E-state index is 12.3. The van der Waals surface area contributed by atoms with Gasteiger partial charge in [0.15, 0.2) is 0 Å². The van der Waals surface area contributed by atoms with Gasteiger partial charge in [-0.25, -0.2) is 0 Å². The summed E-state index contributed by atoms with van der Waals surface area (Å²) in [6.45, 7) is 12.4. The molecule has 8 atom stereocenters. The molecule has 0 unspecified atom stereocenters. The van der Waals surface area contributed by atoms with Crippen LogP contribution in [-0.4, -0.2) is 25.2 Å². The summed E-state index contributed by atoms with van der Waals surface area (Å²) in [5.74, 6) is 4.42. The average molecular weight is 501 g/mol. The minimum absolute atomic E-state index is 0.0394. The number of carbonyl (C=O) groups excluding carboxylic acids is 2. The van der Waals surface area contributed by atoms with Crippen LogP contribution in [0.15, 0.2) is 11.6 Å². The number of esters is 2. The highest BCUT2D eigenvalue weighted by Crippen LogP contribution is 2.67. The van der Waals surface area contributed by atoms with Crippen LogP contribution in [0.5, 0.6) is 0 Å². The number of methoxy groups -OCH3 is 1. The molecule has 3 saturated carbocycles. The number of allylic oxidation sites excluding steroid dienone is 1. The molecule has 4 heteroatoms. The number of hydrogen-bond donors (Lipinski definition) is 0. The summed E-state index contributed by atoms with van der Waals surface area (Å²) in [7, 11) is 1.35. The lowest BCUT2D eigenvalue weighted by Crippen LogP contribution is -2.51. The van der Waals surface area contributed by atoms with E-state index in [2.05, 4.69) is 45.4 Å². The normalized spacial score (nSPS) is 38.4. The minimum atomic E-state index is -0.354. The van der Waals surface area contributed by atoms with Crippen LogP contribution in [0.2, 0.25) is 0 Å². The van der Waals surface area contributed by atoms with E-state index in [-0.39, 0.29) is 36.3 Å². The van der Waals surface area contributed by atoms with Gasteiger partial charge in [0.1, 0.15) is 6.10 Å². The molecule has 0 aromatic heterocycles. The molecule has 4 rings (SSSR count).